The number of hydrogen-bond donors (Lipinski definition) is 2. The number of carbonyl (C=O) groups is 2. The Bertz CT molecular complexity index is 282. The molecule has 0 saturated carbocycles. The molecular weight excluding hydrogens is 176 g/mol. The van der Waals surface area contributed by atoms with Crippen LogP contribution >= 0.6 is 11.3 Å². The van der Waals surface area contributed by atoms with E-state index in [0.717, 1.165) is 0 Å². The van der Waals surface area contributed by atoms with Gasteiger partial charge in [-0.05, 0) is 11.4 Å². The van der Waals surface area contributed by atoms with Crippen molar-refractivity contribution in [1.29, 1.82) is 0 Å². The van der Waals surface area contributed by atoms with Gasteiger partial charge in [0.1, 0.15) is 0 Å². The Kier molecular flexibility index (Phi) is 2.82. The van der Waals surface area contributed by atoms with Gasteiger partial charge in [-0.25, -0.2) is 0 Å². The van der Waals surface area contributed by atoms with Crippen molar-refractivity contribution in [1.82, 2.24) is 5.32 Å². The second-order valence-electron chi connectivity index (χ2n) is 2.16. The zero-order chi connectivity index (χ0) is 8.97. The Morgan fingerprint density at radius 1 is 1.58 bits per heavy atom. The first-order valence-corrected chi connectivity index (χ1v) is 4.23. The lowest BCUT2D eigenvalue weighted by Gasteiger charge is -1.98. The molecule has 0 fully saturated rings. The van der Waals surface area contributed by atoms with Crippen molar-refractivity contribution >= 4 is 23.2 Å². The SMILES string of the molecule is NC(=O)CNC(=O)c1ccsc1. The van der Waals surface area contributed by atoms with Crippen molar-refractivity contribution in [3.63, 3.8) is 0 Å². The molecule has 12 heavy (non-hydrogen) atoms. The number of nitrogens with one attached hydrogen (secondary N) is 1. The van der Waals surface area contributed by atoms with Crippen LogP contribution in [-0.2, 0) is 4.79 Å². The summed E-state index contributed by atoms with van der Waals surface area (Å²) in [5.74, 6) is -0.811. The number of thiophene rings is 1. The van der Waals surface area contributed by atoms with E-state index in [2.05, 4.69) is 5.32 Å². The predicted molar refractivity (Wildman–Crippen MR) is 45.8 cm³/mol. The van der Waals surface area contributed by atoms with Gasteiger partial charge in [-0.15, -0.1) is 0 Å². The maximum Gasteiger partial charge on any atom is 0.252 e. The third-order valence-corrected chi connectivity index (χ3v) is 1.89. The number of carbonyl (C=O) groups excluding carboxylic acids is 2. The topological polar surface area (TPSA) is 72.2 Å². The molecule has 0 atom stereocenters. The Morgan fingerprint density at radius 3 is 2.83 bits per heavy atom. The zero-order valence-electron chi connectivity index (χ0n) is 6.24. The fourth-order valence-corrected chi connectivity index (χ4v) is 1.30. The molecule has 1 heterocycles. The summed E-state index contributed by atoms with van der Waals surface area (Å²) in [4.78, 5) is 21.4. The number of hydrogen-bond acceptors (Lipinski definition) is 3. The summed E-state index contributed by atoms with van der Waals surface area (Å²) in [6.07, 6.45) is 0. The number of rotatable bonds is 3. The quantitative estimate of drug-likeness (QED) is 0.692. The molecule has 3 N–H and O–H groups in total. The molecule has 0 saturated heterocycles. The van der Waals surface area contributed by atoms with Gasteiger partial charge in [0.15, 0.2) is 0 Å². The van der Waals surface area contributed by atoms with Crippen LogP contribution in [0, 0.1) is 0 Å². The predicted octanol–water partition coefficient (Wildman–Crippen LogP) is -0.0368. The molecule has 1 aromatic heterocycles. The fraction of sp³-hybridized carbons (Fsp3) is 0.143. The Hall–Kier alpha value is -1.36. The van der Waals surface area contributed by atoms with Crippen LogP contribution in [-0.4, -0.2) is 18.4 Å². The van der Waals surface area contributed by atoms with Gasteiger partial charge in [-0.1, -0.05) is 0 Å². The smallest absolute Gasteiger partial charge is 0.252 e. The normalized spacial score (nSPS) is 9.33. The molecule has 0 aliphatic heterocycles. The highest BCUT2D eigenvalue weighted by atomic mass is 32.1. The van der Waals surface area contributed by atoms with E-state index in [-0.39, 0.29) is 12.5 Å². The van der Waals surface area contributed by atoms with E-state index < -0.39 is 5.91 Å². The minimum atomic E-state index is -0.543. The van der Waals surface area contributed by atoms with E-state index >= 15 is 0 Å². The van der Waals surface area contributed by atoms with Gasteiger partial charge in [0.2, 0.25) is 5.91 Å². The first-order valence-electron chi connectivity index (χ1n) is 3.29. The summed E-state index contributed by atoms with van der Waals surface area (Å²) < 4.78 is 0. The van der Waals surface area contributed by atoms with Crippen LogP contribution in [0.25, 0.3) is 0 Å². The van der Waals surface area contributed by atoms with E-state index in [1.807, 2.05) is 0 Å². The number of amides is 2. The van der Waals surface area contributed by atoms with Crippen molar-refractivity contribution in [2.75, 3.05) is 6.54 Å². The lowest BCUT2D eigenvalue weighted by atomic mass is 10.3. The lowest BCUT2D eigenvalue weighted by molar-refractivity contribution is -0.117. The zero-order valence-corrected chi connectivity index (χ0v) is 7.06. The minimum Gasteiger partial charge on any atom is -0.368 e. The minimum absolute atomic E-state index is 0.116. The fourth-order valence-electron chi connectivity index (χ4n) is 0.663. The average molecular weight is 184 g/mol. The van der Waals surface area contributed by atoms with Gasteiger partial charge >= 0.3 is 0 Å². The van der Waals surface area contributed by atoms with Crippen LogP contribution in [0.3, 0.4) is 0 Å². The van der Waals surface area contributed by atoms with Gasteiger partial charge in [0.25, 0.3) is 5.91 Å². The van der Waals surface area contributed by atoms with Crippen LogP contribution in [0.4, 0.5) is 0 Å². The molecule has 4 nitrogen and oxygen atoms in total. The monoisotopic (exact) mass is 184 g/mol. The largest absolute Gasteiger partial charge is 0.368 e. The maximum absolute atomic E-state index is 11.1. The maximum atomic E-state index is 11.1. The van der Waals surface area contributed by atoms with Gasteiger partial charge in [-0.2, -0.15) is 11.3 Å². The second kappa shape index (κ2) is 3.87. The summed E-state index contributed by atoms with van der Waals surface area (Å²) in [6.45, 7) is -0.116. The van der Waals surface area contributed by atoms with Crippen molar-refractivity contribution in [2.45, 2.75) is 0 Å². The van der Waals surface area contributed by atoms with Crippen LogP contribution < -0.4 is 11.1 Å². The first kappa shape index (κ1) is 8.73. The van der Waals surface area contributed by atoms with Crippen molar-refractivity contribution in [2.24, 2.45) is 5.73 Å². The standard InChI is InChI=1S/C7H8N2O2S/c8-6(10)3-9-7(11)5-1-2-12-4-5/h1-2,4H,3H2,(H2,8,10)(H,9,11). The molecule has 0 spiro atoms. The Labute approximate surface area is 73.4 Å². The van der Waals surface area contributed by atoms with Gasteiger partial charge < -0.3 is 11.1 Å². The lowest BCUT2D eigenvalue weighted by Crippen LogP contribution is -2.32. The van der Waals surface area contributed by atoms with Crippen LogP contribution in [0.15, 0.2) is 16.8 Å². The Morgan fingerprint density at radius 2 is 2.33 bits per heavy atom. The van der Waals surface area contributed by atoms with E-state index in [4.69, 9.17) is 5.73 Å². The molecular formula is C7H8N2O2S. The van der Waals surface area contributed by atoms with Gasteiger partial charge in [-0.3, -0.25) is 9.59 Å². The average Bonchev–Trinajstić information content (AvgIpc) is 2.51. The Balaban J connectivity index is 2.45. The highest BCUT2D eigenvalue weighted by Gasteiger charge is 2.05. The molecule has 0 unspecified atom stereocenters. The molecule has 1 aromatic rings. The van der Waals surface area contributed by atoms with Crippen molar-refractivity contribution in [3.05, 3.63) is 22.4 Å². The molecule has 1 rings (SSSR count). The molecule has 0 aromatic carbocycles. The van der Waals surface area contributed by atoms with E-state index in [1.165, 1.54) is 11.3 Å². The molecule has 0 aliphatic rings. The van der Waals surface area contributed by atoms with Crippen LogP contribution in [0.2, 0.25) is 0 Å². The molecule has 0 aliphatic carbocycles. The van der Waals surface area contributed by atoms with E-state index in [0.29, 0.717) is 5.56 Å². The van der Waals surface area contributed by atoms with E-state index in [9.17, 15) is 9.59 Å². The van der Waals surface area contributed by atoms with Gasteiger partial charge in [0, 0.05) is 10.9 Å². The van der Waals surface area contributed by atoms with Crippen molar-refractivity contribution < 1.29 is 9.59 Å². The third kappa shape index (κ3) is 2.35. The molecule has 0 radical (unpaired) electrons. The highest BCUT2D eigenvalue weighted by Crippen LogP contribution is 2.04. The van der Waals surface area contributed by atoms with E-state index in [1.54, 1.807) is 16.8 Å². The van der Waals surface area contributed by atoms with Crippen LogP contribution in [0.5, 0.6) is 0 Å². The second-order valence-corrected chi connectivity index (χ2v) is 2.94. The number of primary amides is 1. The highest BCUT2D eigenvalue weighted by molar-refractivity contribution is 7.08. The molecule has 2 amide bonds. The summed E-state index contributed by atoms with van der Waals surface area (Å²) >= 11 is 1.43. The third-order valence-electron chi connectivity index (χ3n) is 1.21. The van der Waals surface area contributed by atoms with Crippen molar-refractivity contribution in [3.8, 4) is 0 Å². The molecule has 0 bridgehead atoms. The summed E-state index contributed by atoms with van der Waals surface area (Å²) in [5.41, 5.74) is 5.40. The summed E-state index contributed by atoms with van der Waals surface area (Å²) in [5, 5.41) is 5.87. The molecule has 5 heteroatoms. The summed E-state index contributed by atoms with van der Waals surface area (Å²) in [6, 6.07) is 1.68. The first-order chi connectivity index (χ1) is 5.70. The number of nitrogens with two attached hydrogens (primary N) is 1. The summed E-state index contributed by atoms with van der Waals surface area (Å²) in [7, 11) is 0. The van der Waals surface area contributed by atoms with Gasteiger partial charge in [0.05, 0.1) is 6.54 Å². The van der Waals surface area contributed by atoms with Crippen LogP contribution in [0.1, 0.15) is 10.4 Å². The molecule has 64 valence electrons.